The molecule has 1 aromatic heterocycles. The zero-order chi connectivity index (χ0) is 14.1. The molecule has 3 nitrogen and oxygen atoms in total. The van der Waals surface area contributed by atoms with Crippen molar-refractivity contribution in [2.45, 2.75) is 0 Å². The van der Waals surface area contributed by atoms with Gasteiger partial charge in [-0.05, 0) is 35.7 Å². The van der Waals surface area contributed by atoms with E-state index in [1.807, 2.05) is 17.5 Å². The van der Waals surface area contributed by atoms with Crippen LogP contribution in [-0.4, -0.2) is 11.9 Å². The SMILES string of the molecule is O=C1OC(c2cc(Cl)ccc2Cl)=NC1=Cc1cccs1. The highest BCUT2D eigenvalue weighted by atomic mass is 35.5. The number of rotatable bonds is 2. The maximum Gasteiger partial charge on any atom is 0.363 e. The predicted molar refractivity (Wildman–Crippen MR) is 81.4 cm³/mol. The molecule has 6 heteroatoms. The van der Waals surface area contributed by atoms with Gasteiger partial charge in [-0.1, -0.05) is 29.3 Å². The standard InChI is InChI=1S/C14H7Cl2NO2S/c15-8-3-4-11(16)10(6-8)13-17-12(14(18)19-13)7-9-2-1-5-20-9/h1-7H. The van der Waals surface area contributed by atoms with Crippen LogP contribution in [0.4, 0.5) is 0 Å². The van der Waals surface area contributed by atoms with E-state index < -0.39 is 5.97 Å². The molecule has 0 atom stereocenters. The minimum Gasteiger partial charge on any atom is -0.402 e. The summed E-state index contributed by atoms with van der Waals surface area (Å²) in [6.07, 6.45) is 1.68. The molecule has 0 N–H and O–H groups in total. The quantitative estimate of drug-likeness (QED) is 0.607. The fourth-order valence-electron chi connectivity index (χ4n) is 1.69. The Labute approximate surface area is 129 Å². The van der Waals surface area contributed by atoms with E-state index in [-0.39, 0.29) is 11.6 Å². The first-order chi connectivity index (χ1) is 9.63. The van der Waals surface area contributed by atoms with Gasteiger partial charge in [0.2, 0.25) is 5.90 Å². The molecule has 0 aliphatic carbocycles. The van der Waals surface area contributed by atoms with Crippen LogP contribution < -0.4 is 0 Å². The molecule has 0 amide bonds. The summed E-state index contributed by atoms with van der Waals surface area (Å²) in [5.41, 5.74) is 0.751. The fourth-order valence-corrected chi connectivity index (χ4v) is 2.72. The molecular formula is C14H7Cl2NO2S. The Morgan fingerprint density at radius 1 is 1.25 bits per heavy atom. The second kappa shape index (κ2) is 5.40. The van der Waals surface area contributed by atoms with Crippen molar-refractivity contribution in [2.75, 3.05) is 0 Å². The maximum absolute atomic E-state index is 11.8. The number of aliphatic imine (C=N–C) groups is 1. The number of halogens is 2. The molecule has 100 valence electrons. The minimum absolute atomic E-state index is 0.172. The van der Waals surface area contributed by atoms with Crippen LogP contribution in [0.3, 0.4) is 0 Å². The van der Waals surface area contributed by atoms with Crippen LogP contribution in [0, 0.1) is 0 Å². The lowest BCUT2D eigenvalue weighted by Gasteiger charge is -2.02. The molecular weight excluding hydrogens is 317 g/mol. The Bertz CT molecular complexity index is 736. The largest absolute Gasteiger partial charge is 0.402 e. The van der Waals surface area contributed by atoms with E-state index in [4.69, 9.17) is 27.9 Å². The smallest absolute Gasteiger partial charge is 0.363 e. The van der Waals surface area contributed by atoms with Crippen LogP contribution in [0.5, 0.6) is 0 Å². The van der Waals surface area contributed by atoms with Crippen molar-refractivity contribution < 1.29 is 9.53 Å². The van der Waals surface area contributed by atoms with Crippen LogP contribution in [0.15, 0.2) is 46.4 Å². The third-order valence-electron chi connectivity index (χ3n) is 2.60. The zero-order valence-corrected chi connectivity index (χ0v) is 12.3. The van der Waals surface area contributed by atoms with Gasteiger partial charge in [0.1, 0.15) is 0 Å². The summed E-state index contributed by atoms with van der Waals surface area (Å²) in [6.45, 7) is 0. The molecule has 1 aliphatic heterocycles. The van der Waals surface area contributed by atoms with E-state index in [1.54, 1.807) is 24.3 Å². The van der Waals surface area contributed by atoms with Crippen molar-refractivity contribution in [2.24, 2.45) is 4.99 Å². The van der Waals surface area contributed by atoms with Gasteiger partial charge in [-0.25, -0.2) is 9.79 Å². The Morgan fingerprint density at radius 2 is 2.10 bits per heavy atom. The summed E-state index contributed by atoms with van der Waals surface area (Å²) in [7, 11) is 0. The summed E-state index contributed by atoms with van der Waals surface area (Å²) in [4.78, 5) is 16.9. The first-order valence-corrected chi connectivity index (χ1v) is 7.28. The summed E-state index contributed by atoms with van der Waals surface area (Å²) < 4.78 is 5.15. The molecule has 0 spiro atoms. The first-order valence-electron chi connectivity index (χ1n) is 5.65. The van der Waals surface area contributed by atoms with Gasteiger partial charge in [-0.3, -0.25) is 0 Å². The fraction of sp³-hybridized carbons (Fsp3) is 0. The highest BCUT2D eigenvalue weighted by Gasteiger charge is 2.25. The van der Waals surface area contributed by atoms with E-state index >= 15 is 0 Å². The molecule has 0 saturated carbocycles. The van der Waals surface area contributed by atoms with Gasteiger partial charge in [0, 0.05) is 9.90 Å². The Morgan fingerprint density at radius 3 is 2.85 bits per heavy atom. The minimum atomic E-state index is -0.496. The average Bonchev–Trinajstić information content (AvgIpc) is 3.04. The van der Waals surface area contributed by atoms with E-state index in [1.165, 1.54) is 11.3 Å². The summed E-state index contributed by atoms with van der Waals surface area (Å²) >= 11 is 13.5. The summed E-state index contributed by atoms with van der Waals surface area (Å²) in [6, 6.07) is 8.70. The van der Waals surface area contributed by atoms with Crippen molar-refractivity contribution in [3.8, 4) is 0 Å². The van der Waals surface area contributed by atoms with Crippen LogP contribution in [0.25, 0.3) is 6.08 Å². The number of carbonyl (C=O) groups excluding carboxylic acids is 1. The van der Waals surface area contributed by atoms with E-state index in [2.05, 4.69) is 4.99 Å². The van der Waals surface area contributed by atoms with E-state index in [9.17, 15) is 4.79 Å². The normalized spacial score (nSPS) is 16.4. The molecule has 2 aromatic rings. The molecule has 0 saturated heterocycles. The van der Waals surface area contributed by atoms with Gasteiger partial charge in [-0.2, -0.15) is 0 Å². The molecule has 0 unspecified atom stereocenters. The van der Waals surface area contributed by atoms with Crippen LogP contribution in [-0.2, 0) is 9.53 Å². The van der Waals surface area contributed by atoms with Crippen molar-refractivity contribution in [3.63, 3.8) is 0 Å². The number of hydrogen-bond donors (Lipinski definition) is 0. The number of thiophene rings is 1. The van der Waals surface area contributed by atoms with Crippen molar-refractivity contribution in [1.29, 1.82) is 0 Å². The van der Waals surface area contributed by atoms with Crippen LogP contribution in [0.1, 0.15) is 10.4 Å². The Kier molecular flexibility index (Phi) is 3.61. The van der Waals surface area contributed by atoms with Gasteiger partial charge in [-0.15, -0.1) is 11.3 Å². The Balaban J connectivity index is 2.00. The molecule has 0 fully saturated rings. The number of esters is 1. The maximum atomic E-state index is 11.8. The van der Waals surface area contributed by atoms with E-state index in [0.29, 0.717) is 15.6 Å². The molecule has 3 rings (SSSR count). The summed E-state index contributed by atoms with van der Waals surface area (Å²) in [5, 5.41) is 2.85. The van der Waals surface area contributed by atoms with Crippen molar-refractivity contribution >= 4 is 52.5 Å². The van der Waals surface area contributed by atoms with E-state index in [0.717, 1.165) is 4.88 Å². The third-order valence-corrected chi connectivity index (χ3v) is 3.99. The number of nitrogens with zero attached hydrogens (tertiary/aromatic N) is 1. The summed E-state index contributed by atoms with van der Waals surface area (Å²) in [5.74, 6) is -0.324. The monoisotopic (exact) mass is 323 g/mol. The first kappa shape index (κ1) is 13.4. The zero-order valence-electron chi connectivity index (χ0n) is 9.97. The lowest BCUT2D eigenvalue weighted by Crippen LogP contribution is -2.05. The highest BCUT2D eigenvalue weighted by molar-refractivity contribution is 7.10. The average molecular weight is 324 g/mol. The molecule has 20 heavy (non-hydrogen) atoms. The molecule has 0 bridgehead atoms. The van der Waals surface area contributed by atoms with Gasteiger partial charge in [0.05, 0.1) is 10.6 Å². The van der Waals surface area contributed by atoms with Gasteiger partial charge >= 0.3 is 5.97 Å². The number of benzene rings is 1. The van der Waals surface area contributed by atoms with Gasteiger partial charge in [0.25, 0.3) is 0 Å². The molecule has 0 radical (unpaired) electrons. The highest BCUT2D eigenvalue weighted by Crippen LogP contribution is 2.26. The molecule has 1 aliphatic rings. The third kappa shape index (κ3) is 2.63. The lowest BCUT2D eigenvalue weighted by atomic mass is 10.2. The second-order valence-electron chi connectivity index (χ2n) is 3.98. The predicted octanol–water partition coefficient (Wildman–Crippen LogP) is 4.40. The van der Waals surface area contributed by atoms with Gasteiger partial charge in [0.15, 0.2) is 5.70 Å². The van der Waals surface area contributed by atoms with Crippen LogP contribution >= 0.6 is 34.5 Å². The van der Waals surface area contributed by atoms with Gasteiger partial charge < -0.3 is 4.74 Å². The Hall–Kier alpha value is -1.62. The van der Waals surface area contributed by atoms with Crippen molar-refractivity contribution in [3.05, 3.63) is 61.9 Å². The van der Waals surface area contributed by atoms with Crippen molar-refractivity contribution in [1.82, 2.24) is 0 Å². The van der Waals surface area contributed by atoms with Crippen LogP contribution in [0.2, 0.25) is 10.0 Å². The number of ether oxygens (including phenoxy) is 1. The molecule has 1 aromatic carbocycles. The molecule has 2 heterocycles. The second-order valence-corrected chi connectivity index (χ2v) is 5.80. The lowest BCUT2D eigenvalue weighted by molar-refractivity contribution is -0.129. The number of hydrogen-bond acceptors (Lipinski definition) is 4. The number of cyclic esters (lactones) is 1. The number of carbonyl (C=O) groups is 1. The topological polar surface area (TPSA) is 38.7 Å².